The van der Waals surface area contributed by atoms with Crippen molar-refractivity contribution in [2.24, 2.45) is 7.05 Å². The zero-order valence-corrected chi connectivity index (χ0v) is 18.1. The second-order valence-corrected chi connectivity index (χ2v) is 8.31. The highest BCUT2D eigenvalue weighted by Crippen LogP contribution is 2.32. The number of fused-ring (bicyclic) bond motifs is 1. The fourth-order valence-electron chi connectivity index (χ4n) is 2.76. The zero-order valence-electron chi connectivity index (χ0n) is 15.7. The SMILES string of the molecule is Cn1c(SCc2ccc(Br)cc2)nnc(Nc2ccc3c(c2)OCCCO3)c1=O. The van der Waals surface area contributed by atoms with E-state index in [4.69, 9.17) is 9.47 Å². The van der Waals surface area contributed by atoms with Gasteiger partial charge in [0.25, 0.3) is 5.56 Å². The third-order valence-corrected chi connectivity index (χ3v) is 5.94. The van der Waals surface area contributed by atoms with E-state index in [1.165, 1.54) is 16.3 Å². The lowest BCUT2D eigenvalue weighted by molar-refractivity contribution is 0.297. The maximum Gasteiger partial charge on any atom is 0.297 e. The molecule has 0 atom stereocenters. The molecule has 9 heteroatoms. The number of halogens is 1. The minimum absolute atomic E-state index is 0.162. The van der Waals surface area contributed by atoms with Crippen LogP contribution in [0, 0.1) is 0 Å². The highest BCUT2D eigenvalue weighted by atomic mass is 79.9. The van der Waals surface area contributed by atoms with Gasteiger partial charge in [0, 0.05) is 35.4 Å². The van der Waals surface area contributed by atoms with Crippen molar-refractivity contribution in [3.8, 4) is 11.5 Å². The van der Waals surface area contributed by atoms with E-state index in [-0.39, 0.29) is 11.4 Å². The summed E-state index contributed by atoms with van der Waals surface area (Å²) < 4.78 is 13.9. The van der Waals surface area contributed by atoms with Gasteiger partial charge in [-0.3, -0.25) is 9.36 Å². The highest BCUT2D eigenvalue weighted by molar-refractivity contribution is 9.10. The summed E-state index contributed by atoms with van der Waals surface area (Å²) in [5.74, 6) is 2.21. The number of hydrogen-bond acceptors (Lipinski definition) is 7. The molecule has 0 fully saturated rings. The molecular formula is C20H19BrN4O3S. The molecular weight excluding hydrogens is 456 g/mol. The third-order valence-electron chi connectivity index (χ3n) is 4.32. The first-order chi connectivity index (χ1) is 14.1. The molecule has 1 aliphatic rings. The number of ether oxygens (including phenoxy) is 2. The van der Waals surface area contributed by atoms with Gasteiger partial charge in [-0.1, -0.05) is 39.8 Å². The van der Waals surface area contributed by atoms with E-state index in [1.807, 2.05) is 36.4 Å². The second kappa shape index (κ2) is 8.87. The molecule has 0 bridgehead atoms. The van der Waals surface area contributed by atoms with Gasteiger partial charge in [0.2, 0.25) is 5.82 Å². The molecule has 150 valence electrons. The van der Waals surface area contributed by atoms with Crippen molar-refractivity contribution in [1.29, 1.82) is 0 Å². The van der Waals surface area contributed by atoms with Gasteiger partial charge in [0.1, 0.15) is 0 Å². The summed E-state index contributed by atoms with van der Waals surface area (Å²) in [6.45, 7) is 1.23. The average molecular weight is 475 g/mol. The Morgan fingerprint density at radius 1 is 1.10 bits per heavy atom. The Bertz CT molecular complexity index is 1070. The predicted molar refractivity (Wildman–Crippen MR) is 116 cm³/mol. The predicted octanol–water partition coefficient (Wildman–Crippen LogP) is 4.14. The third kappa shape index (κ3) is 4.73. The number of nitrogens with one attached hydrogen (secondary N) is 1. The Morgan fingerprint density at radius 2 is 1.86 bits per heavy atom. The number of benzene rings is 2. The first-order valence-corrected chi connectivity index (χ1v) is 10.9. The van der Waals surface area contributed by atoms with Gasteiger partial charge in [-0.2, -0.15) is 0 Å². The lowest BCUT2D eigenvalue weighted by Crippen LogP contribution is -2.24. The molecule has 0 saturated heterocycles. The van der Waals surface area contributed by atoms with Gasteiger partial charge in [-0.25, -0.2) is 0 Å². The molecule has 1 N–H and O–H groups in total. The Balaban J connectivity index is 1.49. The Labute approximate surface area is 180 Å². The molecule has 0 unspecified atom stereocenters. The van der Waals surface area contributed by atoms with Crippen molar-refractivity contribution >= 4 is 39.2 Å². The number of thioether (sulfide) groups is 1. The van der Waals surface area contributed by atoms with Crippen LogP contribution < -0.4 is 20.3 Å². The van der Waals surface area contributed by atoms with Gasteiger partial charge in [-0.15, -0.1) is 10.2 Å². The lowest BCUT2D eigenvalue weighted by Gasteiger charge is -2.11. The van der Waals surface area contributed by atoms with Crippen LogP contribution in [0.1, 0.15) is 12.0 Å². The normalized spacial score (nSPS) is 13.0. The minimum Gasteiger partial charge on any atom is -0.490 e. The zero-order chi connectivity index (χ0) is 20.2. The molecule has 1 aliphatic heterocycles. The fourth-order valence-corrected chi connectivity index (χ4v) is 3.89. The van der Waals surface area contributed by atoms with Gasteiger partial charge < -0.3 is 14.8 Å². The van der Waals surface area contributed by atoms with E-state index in [1.54, 1.807) is 13.1 Å². The molecule has 2 heterocycles. The van der Waals surface area contributed by atoms with Crippen molar-refractivity contribution in [2.45, 2.75) is 17.3 Å². The monoisotopic (exact) mass is 474 g/mol. The van der Waals surface area contributed by atoms with Crippen LogP contribution in [0.25, 0.3) is 0 Å². The van der Waals surface area contributed by atoms with Crippen LogP contribution in [0.4, 0.5) is 11.5 Å². The molecule has 0 aliphatic carbocycles. The fraction of sp³-hybridized carbons (Fsp3) is 0.250. The van der Waals surface area contributed by atoms with E-state index >= 15 is 0 Å². The summed E-state index contributed by atoms with van der Waals surface area (Å²) in [5.41, 5.74) is 1.59. The van der Waals surface area contributed by atoms with Crippen LogP contribution in [0.2, 0.25) is 0 Å². The van der Waals surface area contributed by atoms with Gasteiger partial charge in [0.15, 0.2) is 16.7 Å². The van der Waals surface area contributed by atoms with Gasteiger partial charge >= 0.3 is 0 Å². The number of hydrogen-bond donors (Lipinski definition) is 1. The summed E-state index contributed by atoms with van der Waals surface area (Å²) in [7, 11) is 1.69. The molecule has 7 nitrogen and oxygen atoms in total. The van der Waals surface area contributed by atoms with E-state index in [0.717, 1.165) is 16.5 Å². The number of aromatic nitrogens is 3. The standard InChI is InChI=1S/C20H19BrN4O3S/c1-25-19(26)18(22-15-7-8-16-17(11-15)28-10-2-9-27-16)23-24-20(25)29-12-13-3-5-14(21)6-4-13/h3-8,11H,2,9-10,12H2,1H3,(H,22,23). The maximum atomic E-state index is 12.7. The number of rotatable bonds is 5. The number of anilines is 2. The van der Waals surface area contributed by atoms with Crippen LogP contribution in [0.5, 0.6) is 11.5 Å². The average Bonchev–Trinajstić information content (AvgIpc) is 2.97. The maximum absolute atomic E-state index is 12.7. The van der Waals surface area contributed by atoms with E-state index in [9.17, 15) is 4.79 Å². The van der Waals surface area contributed by atoms with Crippen LogP contribution in [-0.4, -0.2) is 28.0 Å². The van der Waals surface area contributed by atoms with Crippen molar-refractivity contribution in [2.75, 3.05) is 18.5 Å². The summed E-state index contributed by atoms with van der Waals surface area (Å²) >= 11 is 4.89. The molecule has 0 spiro atoms. The first-order valence-electron chi connectivity index (χ1n) is 9.08. The van der Waals surface area contributed by atoms with E-state index in [0.29, 0.717) is 41.3 Å². The topological polar surface area (TPSA) is 78.3 Å². The number of nitrogens with zero attached hydrogens (tertiary/aromatic N) is 3. The quantitative estimate of drug-likeness (QED) is 0.556. The lowest BCUT2D eigenvalue weighted by atomic mass is 10.2. The molecule has 3 aromatic rings. The van der Waals surface area contributed by atoms with Crippen LogP contribution in [0.15, 0.2) is 56.9 Å². The highest BCUT2D eigenvalue weighted by Gasteiger charge is 2.14. The molecule has 4 rings (SSSR count). The summed E-state index contributed by atoms with van der Waals surface area (Å²) in [6.07, 6.45) is 0.836. The molecule has 1 aromatic heterocycles. The second-order valence-electron chi connectivity index (χ2n) is 6.45. The Hall–Kier alpha value is -2.52. The smallest absolute Gasteiger partial charge is 0.297 e. The molecule has 2 aromatic carbocycles. The van der Waals surface area contributed by atoms with Gasteiger partial charge in [0.05, 0.1) is 13.2 Å². The molecule has 0 amide bonds. The van der Waals surface area contributed by atoms with Crippen LogP contribution >= 0.6 is 27.7 Å². The molecule has 29 heavy (non-hydrogen) atoms. The Kier molecular flexibility index (Phi) is 6.05. The van der Waals surface area contributed by atoms with Crippen molar-refractivity contribution in [3.05, 3.63) is 62.9 Å². The molecule has 0 saturated carbocycles. The van der Waals surface area contributed by atoms with Crippen molar-refractivity contribution < 1.29 is 9.47 Å². The molecule has 0 radical (unpaired) electrons. The van der Waals surface area contributed by atoms with Gasteiger partial charge in [-0.05, 0) is 29.8 Å². The summed E-state index contributed by atoms with van der Waals surface area (Å²) in [4.78, 5) is 12.7. The van der Waals surface area contributed by atoms with E-state index in [2.05, 4.69) is 31.4 Å². The van der Waals surface area contributed by atoms with Crippen LogP contribution in [-0.2, 0) is 12.8 Å². The largest absolute Gasteiger partial charge is 0.490 e. The minimum atomic E-state index is -0.245. The van der Waals surface area contributed by atoms with Crippen LogP contribution in [0.3, 0.4) is 0 Å². The summed E-state index contributed by atoms with van der Waals surface area (Å²) in [5, 5.41) is 11.9. The van der Waals surface area contributed by atoms with Crippen molar-refractivity contribution in [1.82, 2.24) is 14.8 Å². The summed E-state index contributed by atoms with van der Waals surface area (Å²) in [6, 6.07) is 13.5. The van der Waals surface area contributed by atoms with E-state index < -0.39 is 0 Å². The van der Waals surface area contributed by atoms with Crippen molar-refractivity contribution in [3.63, 3.8) is 0 Å². The first kappa shape index (κ1) is 19.8. The Morgan fingerprint density at radius 3 is 2.66 bits per heavy atom.